The molecule has 1 aromatic heterocycles. The van der Waals surface area contributed by atoms with Crippen LogP contribution in [-0.4, -0.2) is 63.4 Å². The number of carbonyl (C=O) groups is 3. The Morgan fingerprint density at radius 2 is 1.57 bits per heavy atom. The lowest BCUT2D eigenvalue weighted by Gasteiger charge is -2.26. The van der Waals surface area contributed by atoms with Crippen LogP contribution in [0.25, 0.3) is 0 Å². The average Bonchev–Trinajstić information content (AvgIpc) is 3.54. The first-order valence-electron chi connectivity index (χ1n) is 14.7. The van der Waals surface area contributed by atoms with Crippen molar-refractivity contribution >= 4 is 41.0 Å². The van der Waals surface area contributed by atoms with Crippen LogP contribution in [0.3, 0.4) is 0 Å². The van der Waals surface area contributed by atoms with Crippen LogP contribution in [0.1, 0.15) is 40.0 Å². The number of hydrogen-bond acceptors (Lipinski definition) is 6. The largest absolute Gasteiger partial charge is 0.480 e. The molecule has 4 aromatic rings. The molecule has 0 radical (unpaired) electrons. The first-order chi connectivity index (χ1) is 21.4. The van der Waals surface area contributed by atoms with Crippen LogP contribution in [-0.2, 0) is 28.9 Å². The van der Waals surface area contributed by atoms with E-state index in [0.29, 0.717) is 54.6 Å². The summed E-state index contributed by atoms with van der Waals surface area (Å²) < 4.78 is 0. The van der Waals surface area contributed by atoms with E-state index in [-0.39, 0.29) is 18.0 Å². The number of aromatic nitrogens is 2. The fourth-order valence-corrected chi connectivity index (χ4v) is 5.48. The maximum absolute atomic E-state index is 13.9. The van der Waals surface area contributed by atoms with Gasteiger partial charge in [-0.25, -0.2) is 9.97 Å². The van der Waals surface area contributed by atoms with E-state index < -0.39 is 24.5 Å². The number of benzene rings is 3. The SMILES string of the molecule is O=C(O)CN(CCc1ccccc1)C(=O)c1cnc(N2CCCC2C(=O)Nc2ccc(Cl)cc2)nc1CCc1ccccc1. The average molecular weight is 612 g/mol. The molecule has 0 bridgehead atoms. The number of amides is 2. The lowest BCUT2D eigenvalue weighted by molar-refractivity contribution is -0.137. The van der Waals surface area contributed by atoms with Crippen molar-refractivity contribution in [2.75, 3.05) is 29.9 Å². The molecule has 10 heteroatoms. The number of anilines is 2. The number of carboxylic acids is 1. The Labute approximate surface area is 261 Å². The van der Waals surface area contributed by atoms with Crippen molar-refractivity contribution in [1.82, 2.24) is 14.9 Å². The minimum atomic E-state index is -1.10. The van der Waals surface area contributed by atoms with E-state index in [1.54, 1.807) is 24.3 Å². The zero-order valence-electron chi connectivity index (χ0n) is 24.2. The smallest absolute Gasteiger partial charge is 0.323 e. The molecule has 1 atom stereocenters. The van der Waals surface area contributed by atoms with Gasteiger partial charge in [-0.15, -0.1) is 0 Å². The molecule has 9 nitrogen and oxygen atoms in total. The fourth-order valence-electron chi connectivity index (χ4n) is 5.35. The third kappa shape index (κ3) is 7.99. The standard InChI is InChI=1S/C34H34ClN5O4/c35-26-14-16-27(17-15-26)37-32(43)30-12-7-20-40(30)34-36-22-28(29(38-34)18-13-24-8-3-1-4-9-24)33(44)39(23-31(41)42)21-19-25-10-5-2-6-11-25/h1-6,8-11,14-17,22,30H,7,12-13,18-21,23H2,(H,37,43)(H,41,42). The van der Waals surface area contributed by atoms with Crippen LogP contribution in [0.2, 0.25) is 5.02 Å². The number of hydrogen-bond donors (Lipinski definition) is 2. The Hall–Kier alpha value is -4.76. The van der Waals surface area contributed by atoms with Gasteiger partial charge in [0.2, 0.25) is 11.9 Å². The van der Waals surface area contributed by atoms with Crippen molar-refractivity contribution in [1.29, 1.82) is 0 Å². The van der Waals surface area contributed by atoms with Crippen LogP contribution in [0, 0.1) is 0 Å². The molecule has 1 fully saturated rings. The van der Waals surface area contributed by atoms with Crippen LogP contribution in [0.5, 0.6) is 0 Å². The van der Waals surface area contributed by atoms with E-state index in [4.69, 9.17) is 16.6 Å². The quantitative estimate of drug-likeness (QED) is 0.224. The van der Waals surface area contributed by atoms with E-state index in [2.05, 4.69) is 10.3 Å². The summed E-state index contributed by atoms with van der Waals surface area (Å²) in [7, 11) is 0. The third-order valence-electron chi connectivity index (χ3n) is 7.63. The molecule has 2 heterocycles. The maximum Gasteiger partial charge on any atom is 0.323 e. The second kappa shape index (κ2) is 14.6. The molecule has 0 spiro atoms. The summed E-state index contributed by atoms with van der Waals surface area (Å²) in [5, 5.41) is 13.1. The fraction of sp³-hybridized carbons (Fsp3) is 0.265. The number of aliphatic carboxylic acids is 1. The van der Waals surface area contributed by atoms with E-state index in [9.17, 15) is 19.5 Å². The first-order valence-corrected chi connectivity index (χ1v) is 15.0. The van der Waals surface area contributed by atoms with Gasteiger partial charge in [-0.05, 0) is 67.5 Å². The van der Waals surface area contributed by atoms with Gasteiger partial charge in [-0.3, -0.25) is 14.4 Å². The number of carbonyl (C=O) groups excluding carboxylic acids is 2. The van der Waals surface area contributed by atoms with E-state index in [1.165, 1.54) is 11.1 Å². The van der Waals surface area contributed by atoms with Gasteiger partial charge in [0.15, 0.2) is 0 Å². The predicted molar refractivity (Wildman–Crippen MR) is 170 cm³/mol. The van der Waals surface area contributed by atoms with Crippen LogP contribution in [0.15, 0.2) is 91.1 Å². The second-order valence-electron chi connectivity index (χ2n) is 10.7. The lowest BCUT2D eigenvalue weighted by atomic mass is 10.0. The Kier molecular flexibility index (Phi) is 10.2. The van der Waals surface area contributed by atoms with Crippen molar-refractivity contribution in [2.45, 2.75) is 38.1 Å². The van der Waals surface area contributed by atoms with Crippen molar-refractivity contribution < 1.29 is 19.5 Å². The van der Waals surface area contributed by atoms with Crippen molar-refractivity contribution in [3.05, 3.63) is 119 Å². The van der Waals surface area contributed by atoms with Gasteiger partial charge in [0.25, 0.3) is 5.91 Å². The van der Waals surface area contributed by atoms with Gasteiger partial charge >= 0.3 is 5.97 Å². The van der Waals surface area contributed by atoms with Gasteiger partial charge in [0.05, 0.1) is 11.3 Å². The van der Waals surface area contributed by atoms with E-state index in [0.717, 1.165) is 17.5 Å². The highest BCUT2D eigenvalue weighted by Crippen LogP contribution is 2.26. The summed E-state index contributed by atoms with van der Waals surface area (Å²) in [6.45, 7) is 0.380. The zero-order chi connectivity index (χ0) is 30.9. The molecule has 5 rings (SSSR count). The number of nitrogens with zero attached hydrogens (tertiary/aromatic N) is 4. The number of aryl methyl sites for hydroxylation is 2. The molecule has 1 saturated heterocycles. The van der Waals surface area contributed by atoms with E-state index in [1.807, 2.05) is 65.6 Å². The van der Waals surface area contributed by atoms with E-state index >= 15 is 0 Å². The summed E-state index contributed by atoms with van der Waals surface area (Å²) in [5.74, 6) is -1.34. The Morgan fingerprint density at radius 1 is 0.909 bits per heavy atom. The Balaban J connectivity index is 1.41. The highest BCUT2D eigenvalue weighted by molar-refractivity contribution is 6.30. The van der Waals surface area contributed by atoms with Crippen molar-refractivity contribution in [3.63, 3.8) is 0 Å². The third-order valence-corrected chi connectivity index (χ3v) is 7.88. The van der Waals surface area contributed by atoms with Gasteiger partial charge < -0.3 is 20.2 Å². The summed E-state index contributed by atoms with van der Waals surface area (Å²) in [5.41, 5.74) is 3.51. The molecule has 1 aliphatic rings. The number of halogens is 1. The topological polar surface area (TPSA) is 116 Å². The first kappa shape index (κ1) is 30.7. The molecular weight excluding hydrogens is 578 g/mol. The maximum atomic E-state index is 13.9. The van der Waals surface area contributed by atoms with Crippen LogP contribution < -0.4 is 10.2 Å². The summed E-state index contributed by atoms with van der Waals surface area (Å²) in [6, 6.07) is 26.0. The minimum Gasteiger partial charge on any atom is -0.480 e. The number of nitrogens with one attached hydrogen (secondary N) is 1. The molecule has 0 saturated carbocycles. The summed E-state index contributed by atoms with van der Waals surface area (Å²) in [4.78, 5) is 51.5. The minimum absolute atomic E-state index is 0.173. The normalized spacial score (nSPS) is 14.3. The zero-order valence-corrected chi connectivity index (χ0v) is 25.0. The molecule has 3 aromatic carbocycles. The molecular formula is C34H34ClN5O4. The highest BCUT2D eigenvalue weighted by Gasteiger charge is 2.33. The van der Waals surface area contributed by atoms with Crippen molar-refractivity contribution in [2.24, 2.45) is 0 Å². The van der Waals surface area contributed by atoms with Crippen LogP contribution in [0.4, 0.5) is 11.6 Å². The predicted octanol–water partition coefficient (Wildman–Crippen LogP) is 5.29. The molecule has 226 valence electrons. The lowest BCUT2D eigenvalue weighted by Crippen LogP contribution is -2.41. The molecule has 2 N–H and O–H groups in total. The van der Waals surface area contributed by atoms with Gasteiger partial charge in [0.1, 0.15) is 12.6 Å². The molecule has 1 unspecified atom stereocenters. The number of carboxylic acid groups (broad SMARTS) is 1. The molecule has 2 amide bonds. The Bertz CT molecular complexity index is 1580. The summed E-state index contributed by atoms with van der Waals surface area (Å²) in [6.07, 6.45) is 4.48. The highest BCUT2D eigenvalue weighted by atomic mass is 35.5. The van der Waals surface area contributed by atoms with Gasteiger partial charge in [0, 0.05) is 30.0 Å². The molecule has 0 aliphatic carbocycles. The monoisotopic (exact) mass is 611 g/mol. The molecule has 1 aliphatic heterocycles. The van der Waals surface area contributed by atoms with Gasteiger partial charge in [-0.2, -0.15) is 0 Å². The van der Waals surface area contributed by atoms with Gasteiger partial charge in [-0.1, -0.05) is 72.3 Å². The molecule has 44 heavy (non-hydrogen) atoms. The summed E-state index contributed by atoms with van der Waals surface area (Å²) >= 11 is 5.99. The number of rotatable bonds is 12. The van der Waals surface area contributed by atoms with Crippen molar-refractivity contribution in [3.8, 4) is 0 Å². The van der Waals surface area contributed by atoms with Crippen LogP contribution >= 0.6 is 11.6 Å². The second-order valence-corrected chi connectivity index (χ2v) is 11.2. The Morgan fingerprint density at radius 3 is 2.23 bits per heavy atom.